The van der Waals surface area contributed by atoms with E-state index in [1.54, 1.807) is 6.07 Å². The van der Waals surface area contributed by atoms with E-state index in [0.29, 0.717) is 24.1 Å². The van der Waals surface area contributed by atoms with Crippen LogP contribution in [0.25, 0.3) is 0 Å². The first-order valence-electron chi connectivity index (χ1n) is 5.58. The number of rotatable bonds is 5. The Morgan fingerprint density at radius 1 is 1.41 bits per heavy atom. The Morgan fingerprint density at radius 3 is 2.53 bits per heavy atom. The second kappa shape index (κ2) is 5.72. The van der Waals surface area contributed by atoms with Gasteiger partial charge in [0, 0.05) is 18.7 Å². The summed E-state index contributed by atoms with van der Waals surface area (Å²) < 4.78 is 13.3. The molecule has 1 atom stereocenters. The molecule has 0 saturated heterocycles. The van der Waals surface area contributed by atoms with Crippen molar-refractivity contribution in [2.75, 3.05) is 0 Å². The summed E-state index contributed by atoms with van der Waals surface area (Å²) in [6.45, 7) is 6.74. The van der Waals surface area contributed by atoms with Crippen LogP contribution in [0.4, 0.5) is 10.1 Å². The van der Waals surface area contributed by atoms with Crippen LogP contribution in [0.15, 0.2) is 18.2 Å². The van der Waals surface area contributed by atoms with Crippen LogP contribution in [-0.2, 0) is 6.54 Å². The Kier molecular flexibility index (Phi) is 4.57. The Bertz CT molecular complexity index is 407. The van der Waals surface area contributed by atoms with E-state index in [1.165, 1.54) is 12.1 Å². The van der Waals surface area contributed by atoms with Gasteiger partial charge < -0.3 is 5.32 Å². The lowest BCUT2D eigenvalue weighted by Crippen LogP contribution is -2.30. The fourth-order valence-corrected chi connectivity index (χ4v) is 1.32. The van der Waals surface area contributed by atoms with Gasteiger partial charge in [0.25, 0.3) is 0 Å². The van der Waals surface area contributed by atoms with Gasteiger partial charge in [-0.05, 0) is 24.5 Å². The predicted molar refractivity (Wildman–Crippen MR) is 64.2 cm³/mol. The Hall–Kier alpha value is -1.49. The molecule has 94 valence electrons. The molecular formula is C12H17FN2O2. The summed E-state index contributed by atoms with van der Waals surface area (Å²) in [4.78, 5) is 9.72. The van der Waals surface area contributed by atoms with Crippen molar-refractivity contribution in [1.82, 2.24) is 5.32 Å². The molecule has 0 heterocycles. The average molecular weight is 240 g/mol. The fourth-order valence-electron chi connectivity index (χ4n) is 1.32. The van der Waals surface area contributed by atoms with E-state index in [0.717, 1.165) is 0 Å². The number of nitro groups is 1. The maximum absolute atomic E-state index is 13.3. The molecular weight excluding hydrogens is 223 g/mol. The molecule has 1 N–H and O–H groups in total. The summed E-state index contributed by atoms with van der Waals surface area (Å²) in [5, 5.41) is 13.7. The quantitative estimate of drug-likeness (QED) is 0.636. The summed E-state index contributed by atoms with van der Waals surface area (Å²) in [6.07, 6.45) is 0. The Balaban J connectivity index is 2.68. The molecule has 0 spiro atoms. The standard InChI is InChI=1S/C12H17FN2O2/c1-8(2)9(3)14-7-10-4-5-12(15(16)17)11(13)6-10/h4-6,8-9,14H,7H2,1-3H3. The van der Waals surface area contributed by atoms with Crippen molar-refractivity contribution in [3.8, 4) is 0 Å². The molecule has 0 aliphatic carbocycles. The molecule has 1 rings (SSSR count). The number of halogens is 1. The monoisotopic (exact) mass is 240 g/mol. The zero-order valence-corrected chi connectivity index (χ0v) is 10.2. The number of hydrogen-bond acceptors (Lipinski definition) is 3. The molecule has 5 heteroatoms. The number of benzene rings is 1. The Morgan fingerprint density at radius 2 is 2.06 bits per heavy atom. The molecule has 0 fully saturated rings. The molecule has 17 heavy (non-hydrogen) atoms. The normalized spacial score (nSPS) is 12.8. The minimum absolute atomic E-state index is 0.313. The summed E-state index contributed by atoms with van der Waals surface area (Å²) in [7, 11) is 0. The molecule has 0 aromatic heterocycles. The van der Waals surface area contributed by atoms with E-state index in [2.05, 4.69) is 19.2 Å². The topological polar surface area (TPSA) is 55.2 Å². The molecule has 1 aromatic carbocycles. The van der Waals surface area contributed by atoms with E-state index >= 15 is 0 Å². The van der Waals surface area contributed by atoms with Gasteiger partial charge >= 0.3 is 5.69 Å². The van der Waals surface area contributed by atoms with Gasteiger partial charge in [0.2, 0.25) is 5.82 Å². The molecule has 0 aliphatic rings. The molecule has 1 aromatic rings. The summed E-state index contributed by atoms with van der Waals surface area (Å²) in [5.41, 5.74) is 0.228. The van der Waals surface area contributed by atoms with Crippen LogP contribution in [0.1, 0.15) is 26.3 Å². The van der Waals surface area contributed by atoms with E-state index < -0.39 is 16.4 Å². The van der Waals surface area contributed by atoms with E-state index in [4.69, 9.17) is 0 Å². The van der Waals surface area contributed by atoms with Crippen molar-refractivity contribution in [2.24, 2.45) is 5.92 Å². The van der Waals surface area contributed by atoms with E-state index in [-0.39, 0.29) is 0 Å². The average Bonchev–Trinajstić information content (AvgIpc) is 2.25. The third kappa shape index (κ3) is 3.78. The number of nitro benzene ring substituents is 1. The number of hydrogen-bond donors (Lipinski definition) is 1. The highest BCUT2D eigenvalue weighted by Crippen LogP contribution is 2.18. The fraction of sp³-hybridized carbons (Fsp3) is 0.500. The zero-order chi connectivity index (χ0) is 13.0. The van der Waals surface area contributed by atoms with E-state index in [9.17, 15) is 14.5 Å². The first-order chi connectivity index (χ1) is 7.91. The molecule has 0 amide bonds. The lowest BCUT2D eigenvalue weighted by Gasteiger charge is -2.17. The maximum Gasteiger partial charge on any atom is 0.304 e. The largest absolute Gasteiger partial charge is 0.310 e. The predicted octanol–water partition coefficient (Wildman–Crippen LogP) is 2.87. The molecule has 0 radical (unpaired) electrons. The van der Waals surface area contributed by atoms with Crippen LogP contribution in [0.5, 0.6) is 0 Å². The minimum Gasteiger partial charge on any atom is -0.310 e. The van der Waals surface area contributed by atoms with Gasteiger partial charge in [0.15, 0.2) is 0 Å². The smallest absolute Gasteiger partial charge is 0.304 e. The summed E-state index contributed by atoms with van der Waals surface area (Å²) in [5.74, 6) is -0.301. The lowest BCUT2D eigenvalue weighted by atomic mass is 10.1. The zero-order valence-electron chi connectivity index (χ0n) is 10.2. The highest BCUT2D eigenvalue weighted by atomic mass is 19.1. The highest BCUT2D eigenvalue weighted by Gasteiger charge is 2.14. The number of nitrogens with one attached hydrogen (secondary N) is 1. The van der Waals surface area contributed by atoms with Crippen molar-refractivity contribution in [3.63, 3.8) is 0 Å². The van der Waals surface area contributed by atoms with Gasteiger partial charge in [0.1, 0.15) is 0 Å². The molecule has 0 saturated carbocycles. The first kappa shape index (κ1) is 13.6. The van der Waals surface area contributed by atoms with Crippen LogP contribution < -0.4 is 5.32 Å². The summed E-state index contributed by atoms with van der Waals surface area (Å²) in [6, 6.07) is 4.29. The second-order valence-electron chi connectivity index (χ2n) is 4.46. The van der Waals surface area contributed by atoms with Crippen LogP contribution in [0.3, 0.4) is 0 Å². The third-order valence-corrected chi connectivity index (χ3v) is 2.84. The van der Waals surface area contributed by atoms with Crippen LogP contribution in [-0.4, -0.2) is 11.0 Å². The van der Waals surface area contributed by atoms with Crippen molar-refractivity contribution >= 4 is 5.69 Å². The minimum atomic E-state index is -0.786. The molecule has 1 unspecified atom stereocenters. The first-order valence-corrected chi connectivity index (χ1v) is 5.58. The van der Waals surface area contributed by atoms with Crippen molar-refractivity contribution in [2.45, 2.75) is 33.4 Å². The van der Waals surface area contributed by atoms with Crippen molar-refractivity contribution in [1.29, 1.82) is 0 Å². The third-order valence-electron chi connectivity index (χ3n) is 2.84. The van der Waals surface area contributed by atoms with Gasteiger partial charge in [-0.25, -0.2) is 0 Å². The Labute approximate surface area is 100.0 Å². The molecule has 4 nitrogen and oxygen atoms in total. The number of nitrogens with zero attached hydrogens (tertiary/aromatic N) is 1. The van der Waals surface area contributed by atoms with Gasteiger partial charge in [-0.1, -0.05) is 19.9 Å². The van der Waals surface area contributed by atoms with Gasteiger partial charge in [-0.3, -0.25) is 10.1 Å². The van der Waals surface area contributed by atoms with Gasteiger partial charge in [-0.2, -0.15) is 4.39 Å². The second-order valence-corrected chi connectivity index (χ2v) is 4.46. The molecule has 0 aliphatic heterocycles. The SMILES string of the molecule is CC(C)C(C)NCc1ccc([N+](=O)[O-])c(F)c1. The van der Waals surface area contributed by atoms with Gasteiger partial charge in [0.05, 0.1) is 4.92 Å². The molecule has 0 bridgehead atoms. The van der Waals surface area contributed by atoms with Crippen LogP contribution in [0, 0.1) is 21.8 Å². The summed E-state index contributed by atoms with van der Waals surface area (Å²) >= 11 is 0. The van der Waals surface area contributed by atoms with Crippen molar-refractivity contribution in [3.05, 3.63) is 39.7 Å². The lowest BCUT2D eigenvalue weighted by molar-refractivity contribution is -0.387. The van der Waals surface area contributed by atoms with Crippen molar-refractivity contribution < 1.29 is 9.31 Å². The van der Waals surface area contributed by atoms with E-state index in [1.807, 2.05) is 6.92 Å². The van der Waals surface area contributed by atoms with Gasteiger partial charge in [-0.15, -0.1) is 0 Å². The highest BCUT2D eigenvalue weighted by molar-refractivity contribution is 5.34. The maximum atomic E-state index is 13.3. The van der Waals surface area contributed by atoms with Crippen LogP contribution in [0.2, 0.25) is 0 Å². The van der Waals surface area contributed by atoms with Crippen LogP contribution >= 0.6 is 0 Å².